The van der Waals surface area contributed by atoms with Crippen molar-refractivity contribution in [2.45, 2.75) is 76.5 Å². The maximum absolute atomic E-state index is 14.0. The molecule has 4 aromatic rings. The highest BCUT2D eigenvalue weighted by Crippen LogP contribution is 2.40. The lowest BCUT2D eigenvalue weighted by atomic mass is 10.0. The van der Waals surface area contributed by atoms with E-state index in [1.165, 1.54) is 12.1 Å². The van der Waals surface area contributed by atoms with E-state index in [2.05, 4.69) is 49.9 Å². The average molecular weight is 607 g/mol. The first kappa shape index (κ1) is 29.0. The second-order valence-electron chi connectivity index (χ2n) is 11.7. The lowest BCUT2D eigenvalue weighted by molar-refractivity contribution is -0.0593. The number of imidazole rings is 1. The van der Waals surface area contributed by atoms with Gasteiger partial charge in [-0.2, -0.15) is 4.98 Å². The third-order valence-electron chi connectivity index (χ3n) is 8.72. The van der Waals surface area contributed by atoms with Crippen molar-refractivity contribution in [2.24, 2.45) is 0 Å². The van der Waals surface area contributed by atoms with E-state index in [0.29, 0.717) is 17.4 Å². The van der Waals surface area contributed by atoms with Crippen molar-refractivity contribution in [3.05, 3.63) is 77.2 Å². The Morgan fingerprint density at radius 2 is 1.98 bits per heavy atom. The molecule has 3 fully saturated rings. The summed E-state index contributed by atoms with van der Waals surface area (Å²) < 4.78 is 52.6. The van der Waals surface area contributed by atoms with Gasteiger partial charge in [0.15, 0.2) is 6.29 Å². The maximum Gasteiger partial charge on any atom is 0.226 e. The molecular weight excluding hydrogens is 570 g/mol. The van der Waals surface area contributed by atoms with Gasteiger partial charge in [0.05, 0.1) is 30.2 Å². The number of aromatic nitrogens is 4. The van der Waals surface area contributed by atoms with Gasteiger partial charge in [-0.25, -0.2) is 18.7 Å². The Labute approximate surface area is 254 Å². The monoisotopic (exact) mass is 606 g/mol. The molecule has 0 spiro atoms. The molecule has 12 heteroatoms. The third kappa shape index (κ3) is 6.25. The minimum absolute atomic E-state index is 0.00410. The number of benzene rings is 2. The smallest absolute Gasteiger partial charge is 0.226 e. The molecule has 7 rings (SSSR count). The van der Waals surface area contributed by atoms with Crippen LogP contribution in [-0.2, 0) is 33.8 Å². The molecule has 0 amide bonds. The average Bonchev–Trinajstić information content (AvgIpc) is 3.71. The first-order chi connectivity index (χ1) is 21.4. The number of piperidine rings is 1. The molecule has 0 saturated carbocycles. The topological polar surface area (TPSA) is 99.1 Å². The second kappa shape index (κ2) is 12.4. The van der Waals surface area contributed by atoms with E-state index in [-0.39, 0.29) is 37.2 Å². The van der Waals surface area contributed by atoms with Gasteiger partial charge in [0.2, 0.25) is 11.8 Å². The third-order valence-corrected chi connectivity index (χ3v) is 8.72. The van der Waals surface area contributed by atoms with Gasteiger partial charge < -0.3 is 28.8 Å². The number of nitrogens with zero attached hydrogens (tertiary/aromatic N) is 5. The summed E-state index contributed by atoms with van der Waals surface area (Å²) in [6.45, 7) is 5.52. The lowest BCUT2D eigenvalue weighted by Gasteiger charge is -2.37. The molecule has 1 N–H and O–H groups in total. The molecule has 3 aliphatic rings. The largest absolute Gasteiger partial charge is 0.474 e. The second-order valence-corrected chi connectivity index (χ2v) is 11.7. The van der Waals surface area contributed by atoms with Crippen LogP contribution in [0.3, 0.4) is 0 Å². The van der Waals surface area contributed by atoms with Crippen LogP contribution in [0, 0.1) is 11.6 Å². The highest BCUT2D eigenvalue weighted by molar-refractivity contribution is 5.77. The van der Waals surface area contributed by atoms with Crippen molar-refractivity contribution in [3.63, 3.8) is 0 Å². The van der Waals surface area contributed by atoms with Crippen molar-refractivity contribution in [3.8, 4) is 5.88 Å². The van der Waals surface area contributed by atoms with E-state index in [0.717, 1.165) is 74.0 Å². The Morgan fingerprint density at radius 1 is 1.09 bits per heavy atom. The Morgan fingerprint density at radius 3 is 2.73 bits per heavy atom. The summed E-state index contributed by atoms with van der Waals surface area (Å²) in [6, 6.07) is 11.8. The van der Waals surface area contributed by atoms with Crippen molar-refractivity contribution >= 4 is 17.0 Å². The molecule has 5 atom stereocenters. The number of halogens is 2. The van der Waals surface area contributed by atoms with Crippen LogP contribution in [0.5, 0.6) is 5.88 Å². The van der Waals surface area contributed by atoms with E-state index in [1.54, 1.807) is 19.4 Å². The molecule has 10 nitrogen and oxygen atoms in total. The van der Waals surface area contributed by atoms with Gasteiger partial charge in [-0.15, -0.1) is 0 Å². The summed E-state index contributed by atoms with van der Waals surface area (Å²) in [7, 11) is 1.66. The van der Waals surface area contributed by atoms with Gasteiger partial charge in [0.1, 0.15) is 29.7 Å². The predicted molar refractivity (Wildman–Crippen MR) is 158 cm³/mol. The number of epoxide rings is 1. The van der Waals surface area contributed by atoms with Gasteiger partial charge >= 0.3 is 0 Å². The Hall–Kier alpha value is -3.71. The first-order valence-corrected chi connectivity index (χ1v) is 15.1. The van der Waals surface area contributed by atoms with Crippen LogP contribution in [-0.4, -0.2) is 69.2 Å². The molecule has 0 aliphatic carbocycles. The van der Waals surface area contributed by atoms with Crippen LogP contribution in [0.4, 0.5) is 14.7 Å². The van der Waals surface area contributed by atoms with Gasteiger partial charge in [0, 0.05) is 56.7 Å². The van der Waals surface area contributed by atoms with Gasteiger partial charge in [-0.1, -0.05) is 12.1 Å². The summed E-state index contributed by atoms with van der Waals surface area (Å²) in [5.74, 6) is 0.582. The number of hydrogen-bond acceptors (Lipinski definition) is 9. The minimum Gasteiger partial charge on any atom is -0.474 e. The molecule has 2 unspecified atom stereocenters. The maximum atomic E-state index is 14.0. The molecule has 2 aromatic carbocycles. The molecule has 5 heterocycles. The summed E-state index contributed by atoms with van der Waals surface area (Å²) >= 11 is 0. The standard InChI is InChI=1S/C32H36F2N6O4/c1-19-13-23(43-29-7-10-35-32(38-29)36-16-21-3-5-22(33)15-25(21)34)8-11-39(19)18-28-37-26-6-4-20(30-31(41-2)44-30)14-27(26)40(28)17-24-9-12-42-24/h3-7,10,14-15,19,23-24,30-31H,8-9,11-13,16-18H2,1-2H3,(H,35,36,38)/t19-,23-,24-,30?,31?/m0/s1. The molecule has 3 saturated heterocycles. The summed E-state index contributed by atoms with van der Waals surface area (Å²) in [5, 5.41) is 2.99. The zero-order chi connectivity index (χ0) is 30.2. The van der Waals surface area contributed by atoms with E-state index in [9.17, 15) is 8.78 Å². The van der Waals surface area contributed by atoms with Crippen molar-refractivity contribution in [1.29, 1.82) is 0 Å². The van der Waals surface area contributed by atoms with Crippen LogP contribution < -0.4 is 10.1 Å². The fourth-order valence-electron chi connectivity index (χ4n) is 6.04. The quantitative estimate of drug-likeness (QED) is 0.237. The molecule has 232 valence electrons. The fourth-order valence-corrected chi connectivity index (χ4v) is 6.04. The molecular formula is C32H36F2N6O4. The SMILES string of the molecule is COC1OC1c1ccc2nc(CN3CC[C@H](Oc4ccnc(NCc5ccc(F)cc5F)n4)C[C@@H]3C)n(C[C@@H]3CCO3)c2c1. The Balaban J connectivity index is 0.993. The summed E-state index contributed by atoms with van der Waals surface area (Å²) in [5.41, 5.74) is 3.50. The Bertz CT molecular complexity index is 1630. The van der Waals surface area contributed by atoms with E-state index in [4.69, 9.17) is 23.9 Å². The summed E-state index contributed by atoms with van der Waals surface area (Å²) in [4.78, 5) is 16.2. The fraction of sp³-hybridized carbons (Fsp3) is 0.469. The van der Waals surface area contributed by atoms with Crippen LogP contribution in [0.25, 0.3) is 11.0 Å². The molecule has 3 aliphatic heterocycles. The number of hydrogen-bond donors (Lipinski definition) is 1. The van der Waals surface area contributed by atoms with Gasteiger partial charge in [-0.3, -0.25) is 4.90 Å². The van der Waals surface area contributed by atoms with E-state index in [1.807, 2.05) is 0 Å². The zero-order valence-corrected chi connectivity index (χ0v) is 24.8. The first-order valence-electron chi connectivity index (χ1n) is 15.1. The molecule has 2 aromatic heterocycles. The number of rotatable bonds is 11. The lowest BCUT2D eigenvalue weighted by Crippen LogP contribution is -2.44. The van der Waals surface area contributed by atoms with Crippen LogP contribution >= 0.6 is 0 Å². The molecule has 0 radical (unpaired) electrons. The van der Waals surface area contributed by atoms with Gasteiger partial charge in [0.25, 0.3) is 0 Å². The van der Waals surface area contributed by atoms with Gasteiger partial charge in [-0.05, 0) is 49.9 Å². The van der Waals surface area contributed by atoms with E-state index < -0.39 is 11.6 Å². The van der Waals surface area contributed by atoms with Crippen molar-refractivity contribution in [1.82, 2.24) is 24.4 Å². The van der Waals surface area contributed by atoms with E-state index >= 15 is 0 Å². The number of ether oxygens (including phenoxy) is 4. The van der Waals surface area contributed by atoms with Crippen molar-refractivity contribution in [2.75, 3.05) is 25.6 Å². The van der Waals surface area contributed by atoms with Crippen LogP contribution in [0.15, 0.2) is 48.7 Å². The zero-order valence-electron chi connectivity index (χ0n) is 24.8. The normalized spacial score (nSPS) is 25.1. The van der Waals surface area contributed by atoms with Crippen LogP contribution in [0.2, 0.25) is 0 Å². The molecule has 0 bridgehead atoms. The highest BCUT2D eigenvalue weighted by atomic mass is 19.1. The predicted octanol–water partition coefficient (Wildman–Crippen LogP) is 4.98. The summed E-state index contributed by atoms with van der Waals surface area (Å²) in [6.07, 6.45) is 4.32. The highest BCUT2D eigenvalue weighted by Gasteiger charge is 2.41. The number of nitrogens with one attached hydrogen (secondary N) is 1. The van der Waals surface area contributed by atoms with Crippen molar-refractivity contribution < 1.29 is 27.7 Å². The number of likely N-dealkylation sites (tertiary alicyclic amines) is 1. The number of anilines is 1. The minimum atomic E-state index is -0.615. The number of methoxy groups -OCH3 is 1. The number of fused-ring (bicyclic) bond motifs is 1. The van der Waals surface area contributed by atoms with Crippen LogP contribution in [0.1, 0.15) is 49.2 Å². The molecule has 44 heavy (non-hydrogen) atoms. The Kier molecular flexibility index (Phi) is 8.15.